The lowest BCUT2D eigenvalue weighted by atomic mass is 10.6. The summed E-state index contributed by atoms with van der Waals surface area (Å²) in [4.78, 5) is 2.12. The zero-order chi connectivity index (χ0) is 13.0. The van der Waals surface area contributed by atoms with E-state index in [0.717, 1.165) is 6.54 Å². The van der Waals surface area contributed by atoms with Crippen molar-refractivity contribution in [2.75, 3.05) is 20.6 Å². The summed E-state index contributed by atoms with van der Waals surface area (Å²) in [6.45, 7) is 19.5. The van der Waals surface area contributed by atoms with Crippen molar-refractivity contribution in [3.63, 3.8) is 0 Å². The van der Waals surface area contributed by atoms with E-state index in [-0.39, 0.29) is 0 Å². The van der Waals surface area contributed by atoms with E-state index in [4.69, 9.17) is 0 Å². The summed E-state index contributed by atoms with van der Waals surface area (Å²) in [5.41, 5.74) is 0. The van der Waals surface area contributed by atoms with E-state index in [1.165, 1.54) is 6.42 Å². The minimum absolute atomic E-state index is 1.14. The normalized spacial score (nSPS) is 6.00. The molecular weight excluding hydrogens is 170 g/mol. The van der Waals surface area contributed by atoms with Gasteiger partial charge in [0.2, 0.25) is 0 Å². The molecule has 0 aliphatic heterocycles. The Kier molecular flexibility index (Phi) is 157. The molecule has 0 radical (unpaired) electrons. The largest absolute Gasteiger partial charge is 0.310 e. The molecule has 0 saturated heterocycles. The standard InChI is InChI=1S/C4H11N.C3H8.3C2H6/c1-4-5(2)3;1-3-2;3*1-2/h4H2,1-3H3;3H2,1-2H3;3*1-2H3. The van der Waals surface area contributed by atoms with E-state index in [9.17, 15) is 0 Å². The molecule has 0 amide bonds. The highest BCUT2D eigenvalue weighted by atomic mass is 15.0. The molecule has 0 heterocycles. The first-order valence-corrected chi connectivity index (χ1v) is 6.33. The monoisotopic (exact) mass is 207 g/mol. The third kappa shape index (κ3) is 374. The van der Waals surface area contributed by atoms with Crippen LogP contribution in [-0.4, -0.2) is 25.5 Å². The summed E-state index contributed by atoms with van der Waals surface area (Å²) < 4.78 is 0. The maximum atomic E-state index is 2.12. The van der Waals surface area contributed by atoms with Gasteiger partial charge in [0.15, 0.2) is 0 Å². The zero-order valence-corrected chi connectivity index (χ0v) is 12.9. The minimum Gasteiger partial charge on any atom is -0.310 e. The van der Waals surface area contributed by atoms with Crippen molar-refractivity contribution in [1.29, 1.82) is 0 Å². The van der Waals surface area contributed by atoms with Crippen LogP contribution in [0.25, 0.3) is 0 Å². The molecule has 0 unspecified atom stereocenters. The molecule has 1 nitrogen and oxygen atoms in total. The molecule has 1 heteroatoms. The first-order chi connectivity index (χ1) is 6.68. The summed E-state index contributed by atoms with van der Waals surface area (Å²) >= 11 is 0. The van der Waals surface area contributed by atoms with Gasteiger partial charge in [0, 0.05) is 0 Å². The van der Waals surface area contributed by atoms with E-state index >= 15 is 0 Å². The van der Waals surface area contributed by atoms with Crippen LogP contribution in [0.3, 0.4) is 0 Å². The Balaban J connectivity index is -0.0000000263. The van der Waals surface area contributed by atoms with Crippen molar-refractivity contribution in [2.24, 2.45) is 0 Å². The van der Waals surface area contributed by atoms with Crippen LogP contribution in [0.15, 0.2) is 0 Å². The van der Waals surface area contributed by atoms with Gasteiger partial charge in [-0.05, 0) is 20.6 Å². The molecule has 0 rings (SSSR count). The van der Waals surface area contributed by atoms with Crippen LogP contribution in [0.4, 0.5) is 0 Å². The molecule has 0 atom stereocenters. The van der Waals surface area contributed by atoms with Crippen molar-refractivity contribution >= 4 is 0 Å². The fraction of sp³-hybridized carbons (Fsp3) is 1.00. The maximum Gasteiger partial charge on any atom is -0.00533 e. The molecule has 94 valence electrons. The Morgan fingerprint density at radius 1 is 0.643 bits per heavy atom. The Morgan fingerprint density at radius 3 is 0.714 bits per heavy atom. The molecule has 0 bridgehead atoms. The van der Waals surface area contributed by atoms with Gasteiger partial charge in [-0.15, -0.1) is 0 Å². The molecule has 0 aromatic carbocycles. The molecule has 0 N–H and O–H groups in total. The lowest BCUT2D eigenvalue weighted by Crippen LogP contribution is -2.08. The predicted octanol–water partition coefficient (Wildman–Crippen LogP) is 5.06. The van der Waals surface area contributed by atoms with Gasteiger partial charge in [0.1, 0.15) is 0 Å². The summed E-state index contributed by atoms with van der Waals surface area (Å²) in [5, 5.41) is 0. The van der Waals surface area contributed by atoms with Crippen LogP contribution >= 0.6 is 0 Å². The molecule has 0 saturated carbocycles. The fourth-order valence-corrected chi connectivity index (χ4v) is 0. The first-order valence-electron chi connectivity index (χ1n) is 6.33. The van der Waals surface area contributed by atoms with Crippen LogP contribution in [-0.2, 0) is 0 Å². The highest BCUT2D eigenvalue weighted by molar-refractivity contribution is 4.25. The second-order valence-corrected chi connectivity index (χ2v) is 2.10. The lowest BCUT2D eigenvalue weighted by molar-refractivity contribution is 0.434. The highest BCUT2D eigenvalue weighted by Gasteiger charge is 1.72. The van der Waals surface area contributed by atoms with Crippen molar-refractivity contribution in [3.05, 3.63) is 0 Å². The quantitative estimate of drug-likeness (QED) is 0.581. The Morgan fingerprint density at radius 2 is 0.714 bits per heavy atom. The van der Waals surface area contributed by atoms with Crippen LogP contribution in [0.2, 0.25) is 0 Å². The molecule has 0 aliphatic rings. The fourth-order valence-electron chi connectivity index (χ4n) is 0. The van der Waals surface area contributed by atoms with E-state index in [1.807, 2.05) is 41.5 Å². The average molecular weight is 207 g/mol. The van der Waals surface area contributed by atoms with Gasteiger partial charge in [-0.1, -0.05) is 68.7 Å². The number of rotatable bonds is 1. The zero-order valence-electron chi connectivity index (χ0n) is 12.9. The molecule has 0 fully saturated rings. The average Bonchev–Trinajstić information content (AvgIpc) is 2.27. The Labute approximate surface area is 94.9 Å². The molecule has 0 aliphatic carbocycles. The van der Waals surface area contributed by atoms with Crippen LogP contribution in [0.5, 0.6) is 0 Å². The maximum absolute atomic E-state index is 2.12. The molecular formula is C13H37N. The second-order valence-electron chi connectivity index (χ2n) is 2.10. The van der Waals surface area contributed by atoms with Gasteiger partial charge in [-0.3, -0.25) is 0 Å². The van der Waals surface area contributed by atoms with Gasteiger partial charge < -0.3 is 4.90 Å². The predicted molar refractivity (Wildman–Crippen MR) is 74.2 cm³/mol. The van der Waals surface area contributed by atoms with Gasteiger partial charge in [0.05, 0.1) is 0 Å². The highest BCUT2D eigenvalue weighted by Crippen LogP contribution is 1.63. The van der Waals surface area contributed by atoms with Crippen LogP contribution < -0.4 is 0 Å². The van der Waals surface area contributed by atoms with Crippen molar-refractivity contribution in [1.82, 2.24) is 4.90 Å². The van der Waals surface area contributed by atoms with Crippen molar-refractivity contribution < 1.29 is 0 Å². The number of nitrogens with zero attached hydrogens (tertiary/aromatic N) is 1. The number of hydrogen-bond acceptors (Lipinski definition) is 1. The van der Waals surface area contributed by atoms with E-state index < -0.39 is 0 Å². The molecule has 0 aromatic heterocycles. The third-order valence-corrected chi connectivity index (χ3v) is 0.632. The van der Waals surface area contributed by atoms with Crippen LogP contribution in [0.1, 0.15) is 68.7 Å². The van der Waals surface area contributed by atoms with Gasteiger partial charge >= 0.3 is 0 Å². The molecule has 14 heavy (non-hydrogen) atoms. The van der Waals surface area contributed by atoms with E-state index in [0.29, 0.717) is 0 Å². The second kappa shape index (κ2) is 75.4. The summed E-state index contributed by atoms with van der Waals surface area (Å²) in [5.74, 6) is 0. The van der Waals surface area contributed by atoms with E-state index in [1.54, 1.807) is 0 Å². The lowest BCUT2D eigenvalue weighted by Gasteiger charge is -2.00. The van der Waals surface area contributed by atoms with Gasteiger partial charge in [-0.25, -0.2) is 0 Å². The molecule has 0 spiro atoms. The summed E-state index contributed by atoms with van der Waals surface area (Å²) in [7, 11) is 4.11. The topological polar surface area (TPSA) is 3.24 Å². The smallest absolute Gasteiger partial charge is 0.00533 e. The first kappa shape index (κ1) is 29.2. The van der Waals surface area contributed by atoms with Crippen LogP contribution in [0, 0.1) is 0 Å². The third-order valence-electron chi connectivity index (χ3n) is 0.632. The van der Waals surface area contributed by atoms with Gasteiger partial charge in [0.25, 0.3) is 0 Å². The van der Waals surface area contributed by atoms with Gasteiger partial charge in [-0.2, -0.15) is 0 Å². The van der Waals surface area contributed by atoms with E-state index in [2.05, 4.69) is 39.8 Å². The SMILES string of the molecule is CC.CC.CC.CCC.CCN(C)C. The minimum atomic E-state index is 1.14. The summed E-state index contributed by atoms with van der Waals surface area (Å²) in [6.07, 6.45) is 1.25. The summed E-state index contributed by atoms with van der Waals surface area (Å²) in [6, 6.07) is 0. The molecule has 0 aromatic rings. The van der Waals surface area contributed by atoms with Crippen molar-refractivity contribution in [3.8, 4) is 0 Å². The number of hydrogen-bond donors (Lipinski definition) is 0. The Bertz CT molecular complexity index is 26.4. The Hall–Kier alpha value is -0.0400. The van der Waals surface area contributed by atoms with Crippen molar-refractivity contribution in [2.45, 2.75) is 68.7 Å².